The maximum Gasteiger partial charge on any atom is 0.272 e. The summed E-state index contributed by atoms with van der Waals surface area (Å²) in [5.41, 5.74) is 2.77. The van der Waals surface area contributed by atoms with Gasteiger partial charge in [-0.1, -0.05) is 6.92 Å². The molecule has 1 heterocycles. The number of nitro benzene ring substituents is 1. The maximum atomic E-state index is 12.5. The molecule has 0 saturated heterocycles. The van der Waals surface area contributed by atoms with E-state index in [0.717, 1.165) is 18.4 Å². The van der Waals surface area contributed by atoms with Crippen molar-refractivity contribution in [1.29, 1.82) is 0 Å². The number of nitro groups is 1. The summed E-state index contributed by atoms with van der Waals surface area (Å²) in [7, 11) is -3.35. The number of anilines is 2. The van der Waals surface area contributed by atoms with Crippen molar-refractivity contribution in [2.24, 2.45) is 0 Å². The van der Waals surface area contributed by atoms with Crippen LogP contribution in [0.3, 0.4) is 0 Å². The zero-order valence-electron chi connectivity index (χ0n) is 16.3. The van der Waals surface area contributed by atoms with Crippen LogP contribution in [0.5, 0.6) is 0 Å². The average Bonchev–Trinajstić information content (AvgIpc) is 2.66. The van der Waals surface area contributed by atoms with Crippen LogP contribution in [0.2, 0.25) is 0 Å². The van der Waals surface area contributed by atoms with Gasteiger partial charge in [0.1, 0.15) is 0 Å². The van der Waals surface area contributed by atoms with Gasteiger partial charge in [0.25, 0.3) is 11.6 Å². The first kappa shape index (κ1) is 20.8. The number of nitrogens with one attached hydrogen (secondary N) is 1. The van der Waals surface area contributed by atoms with Gasteiger partial charge in [-0.2, -0.15) is 0 Å². The Kier molecular flexibility index (Phi) is 5.88. The largest absolute Gasteiger partial charge is 0.322 e. The van der Waals surface area contributed by atoms with E-state index in [9.17, 15) is 23.3 Å². The van der Waals surface area contributed by atoms with Gasteiger partial charge in [0.2, 0.25) is 10.0 Å². The molecule has 29 heavy (non-hydrogen) atoms. The molecule has 0 spiro atoms. The molecule has 3 rings (SSSR count). The fourth-order valence-electron chi connectivity index (χ4n) is 3.50. The number of hydrogen-bond acceptors (Lipinski definition) is 5. The molecule has 1 amide bonds. The van der Waals surface area contributed by atoms with Crippen LogP contribution in [0.4, 0.5) is 17.1 Å². The van der Waals surface area contributed by atoms with Gasteiger partial charge < -0.3 is 5.32 Å². The molecule has 0 unspecified atom stereocenters. The summed E-state index contributed by atoms with van der Waals surface area (Å²) >= 11 is 0. The fourth-order valence-corrected chi connectivity index (χ4v) is 5.12. The summed E-state index contributed by atoms with van der Waals surface area (Å²) in [5.74, 6) is -0.279. The standard InChI is InChI=1S/C20H23N3O5S/c1-3-11-29(27,28)22-10-4-5-15-13-17(7-9-19(15)22)21-20(24)16-6-8-18(23(25)26)14(2)12-16/h6-9,12-13H,3-5,10-11H2,1-2H3,(H,21,24). The Morgan fingerprint density at radius 2 is 2.00 bits per heavy atom. The molecule has 154 valence electrons. The molecule has 0 radical (unpaired) electrons. The fraction of sp³-hybridized carbons (Fsp3) is 0.350. The average molecular weight is 417 g/mol. The second-order valence-electron chi connectivity index (χ2n) is 7.05. The first-order chi connectivity index (χ1) is 13.7. The summed E-state index contributed by atoms with van der Waals surface area (Å²) in [6.07, 6.45) is 2.00. The van der Waals surface area contributed by atoms with Crippen LogP contribution in [0.15, 0.2) is 36.4 Å². The molecule has 0 aromatic heterocycles. The van der Waals surface area contributed by atoms with Crippen molar-refractivity contribution in [2.75, 3.05) is 21.9 Å². The van der Waals surface area contributed by atoms with Crippen molar-refractivity contribution in [1.82, 2.24) is 0 Å². The smallest absolute Gasteiger partial charge is 0.272 e. The molecule has 0 atom stereocenters. The first-order valence-electron chi connectivity index (χ1n) is 9.42. The van der Waals surface area contributed by atoms with Gasteiger partial charge in [-0.3, -0.25) is 19.2 Å². The highest BCUT2D eigenvalue weighted by molar-refractivity contribution is 7.92. The summed E-state index contributed by atoms with van der Waals surface area (Å²) in [6.45, 7) is 3.88. The molecule has 1 aliphatic heterocycles. The van der Waals surface area contributed by atoms with Crippen molar-refractivity contribution < 1.29 is 18.1 Å². The Bertz CT molecular complexity index is 1070. The van der Waals surface area contributed by atoms with Crippen LogP contribution in [-0.2, 0) is 16.4 Å². The van der Waals surface area contributed by atoms with E-state index >= 15 is 0 Å². The Labute approximate surface area is 169 Å². The third-order valence-electron chi connectivity index (χ3n) is 4.87. The van der Waals surface area contributed by atoms with E-state index in [1.807, 2.05) is 6.92 Å². The lowest BCUT2D eigenvalue weighted by molar-refractivity contribution is -0.385. The third kappa shape index (κ3) is 4.40. The monoisotopic (exact) mass is 417 g/mol. The number of rotatable bonds is 6. The van der Waals surface area contributed by atoms with Crippen LogP contribution >= 0.6 is 0 Å². The minimum Gasteiger partial charge on any atom is -0.322 e. The summed E-state index contributed by atoms with van der Waals surface area (Å²) in [6, 6.07) is 9.39. The minimum absolute atomic E-state index is 0.0382. The number of carbonyl (C=O) groups excluding carboxylic acids is 1. The molecular formula is C20H23N3O5S. The zero-order chi connectivity index (χ0) is 21.2. The van der Waals surface area contributed by atoms with Crippen molar-refractivity contribution in [3.63, 3.8) is 0 Å². The molecule has 2 aromatic rings. The van der Waals surface area contributed by atoms with E-state index < -0.39 is 14.9 Å². The number of carbonyl (C=O) groups is 1. The van der Waals surface area contributed by atoms with E-state index in [2.05, 4.69) is 5.32 Å². The highest BCUT2D eigenvalue weighted by Gasteiger charge is 2.27. The summed E-state index contributed by atoms with van der Waals surface area (Å²) in [5, 5.41) is 13.7. The number of fused-ring (bicyclic) bond motifs is 1. The second-order valence-corrected chi connectivity index (χ2v) is 9.06. The van der Waals surface area contributed by atoms with Gasteiger partial charge in [0.05, 0.1) is 16.4 Å². The molecule has 0 bridgehead atoms. The van der Waals surface area contributed by atoms with Gasteiger partial charge in [0, 0.05) is 29.4 Å². The van der Waals surface area contributed by atoms with Crippen molar-refractivity contribution in [3.05, 3.63) is 63.2 Å². The summed E-state index contributed by atoms with van der Waals surface area (Å²) < 4.78 is 26.5. The SMILES string of the molecule is CCCS(=O)(=O)N1CCCc2cc(NC(=O)c3ccc([N+](=O)[O-])c(C)c3)ccc21. The van der Waals surface area contributed by atoms with Gasteiger partial charge in [-0.25, -0.2) is 8.42 Å². The zero-order valence-corrected chi connectivity index (χ0v) is 17.2. The van der Waals surface area contributed by atoms with Crippen molar-refractivity contribution in [2.45, 2.75) is 33.1 Å². The number of nitrogens with zero attached hydrogens (tertiary/aromatic N) is 2. The topological polar surface area (TPSA) is 110 Å². The number of benzene rings is 2. The molecule has 9 heteroatoms. The Balaban J connectivity index is 1.82. The lowest BCUT2D eigenvalue weighted by Gasteiger charge is -2.30. The highest BCUT2D eigenvalue weighted by atomic mass is 32.2. The van der Waals surface area contributed by atoms with Gasteiger partial charge in [0.15, 0.2) is 0 Å². The number of aryl methyl sites for hydroxylation is 2. The highest BCUT2D eigenvalue weighted by Crippen LogP contribution is 2.32. The predicted molar refractivity (Wildman–Crippen MR) is 112 cm³/mol. The van der Waals surface area contributed by atoms with Crippen LogP contribution in [0.25, 0.3) is 0 Å². The van der Waals surface area contributed by atoms with Gasteiger partial charge in [-0.15, -0.1) is 0 Å². The number of amides is 1. The minimum atomic E-state index is -3.35. The molecule has 0 fully saturated rings. The molecule has 1 aliphatic rings. The van der Waals surface area contributed by atoms with Crippen LogP contribution in [0.1, 0.15) is 41.3 Å². The number of sulfonamides is 1. The number of hydrogen-bond donors (Lipinski definition) is 1. The maximum absolute atomic E-state index is 12.5. The normalized spacial score (nSPS) is 13.7. The molecule has 0 aliphatic carbocycles. The third-order valence-corrected chi connectivity index (χ3v) is 6.84. The van der Waals surface area contributed by atoms with Gasteiger partial charge >= 0.3 is 0 Å². The van der Waals surface area contributed by atoms with E-state index in [4.69, 9.17) is 0 Å². The first-order valence-corrected chi connectivity index (χ1v) is 11.0. The summed E-state index contributed by atoms with van der Waals surface area (Å²) in [4.78, 5) is 23.0. The predicted octanol–water partition coefficient (Wildman–Crippen LogP) is 3.65. The van der Waals surface area contributed by atoms with Crippen molar-refractivity contribution >= 4 is 33.0 Å². The van der Waals surface area contributed by atoms with E-state index in [-0.39, 0.29) is 17.3 Å². The van der Waals surface area contributed by atoms with E-state index in [0.29, 0.717) is 35.5 Å². The lowest BCUT2D eigenvalue weighted by atomic mass is 10.0. The Morgan fingerprint density at radius 3 is 2.66 bits per heavy atom. The molecular weight excluding hydrogens is 394 g/mol. The van der Waals surface area contributed by atoms with Crippen LogP contribution < -0.4 is 9.62 Å². The molecule has 8 nitrogen and oxygen atoms in total. The molecule has 2 aromatic carbocycles. The van der Waals surface area contributed by atoms with Crippen molar-refractivity contribution in [3.8, 4) is 0 Å². The van der Waals surface area contributed by atoms with Gasteiger partial charge in [-0.05, 0) is 62.1 Å². The quantitative estimate of drug-likeness (QED) is 0.570. The molecule has 1 N–H and O–H groups in total. The lowest BCUT2D eigenvalue weighted by Crippen LogP contribution is -2.37. The van der Waals surface area contributed by atoms with E-state index in [1.165, 1.54) is 22.5 Å². The second kappa shape index (κ2) is 8.20. The van der Waals surface area contributed by atoms with Crippen LogP contribution in [-0.4, -0.2) is 31.5 Å². The Morgan fingerprint density at radius 1 is 1.24 bits per heavy atom. The molecule has 0 saturated carbocycles. The van der Waals surface area contributed by atoms with E-state index in [1.54, 1.807) is 25.1 Å². The Hall–Kier alpha value is -2.94. The van der Waals surface area contributed by atoms with Crippen LogP contribution in [0, 0.1) is 17.0 Å².